The van der Waals surface area contributed by atoms with Crippen LogP contribution in [0.3, 0.4) is 0 Å². The molecule has 1 fully saturated rings. The molecule has 0 bridgehead atoms. The van der Waals surface area contributed by atoms with Crippen LogP contribution in [-0.2, 0) is 22.7 Å². The molecule has 32 heavy (non-hydrogen) atoms. The fourth-order valence-corrected chi connectivity index (χ4v) is 9.11. The number of ether oxygens (including phenoxy) is 1. The zero-order chi connectivity index (χ0) is 23.1. The van der Waals surface area contributed by atoms with Gasteiger partial charge >= 0.3 is 201 Å². The van der Waals surface area contributed by atoms with Crippen LogP contribution in [0.5, 0.6) is 5.75 Å². The third-order valence-corrected chi connectivity index (χ3v) is 11.6. The van der Waals surface area contributed by atoms with Crippen molar-refractivity contribution in [3.63, 3.8) is 0 Å². The number of hydrogen-bond acceptors (Lipinski definition) is 5. The van der Waals surface area contributed by atoms with Gasteiger partial charge in [0.1, 0.15) is 0 Å². The average Bonchev–Trinajstić information content (AvgIpc) is 2.73. The molecule has 6 nitrogen and oxygen atoms in total. The van der Waals surface area contributed by atoms with Crippen LogP contribution in [0.2, 0.25) is 0 Å². The number of nitrogens with zero attached hydrogens (tertiary/aromatic N) is 1. The van der Waals surface area contributed by atoms with Gasteiger partial charge in [-0.1, -0.05) is 0 Å². The minimum absolute atomic E-state index is 0.00637. The molecule has 2 atom stereocenters. The minimum atomic E-state index is -3.52. The number of hydrogen-bond donors (Lipinski definition) is 0. The van der Waals surface area contributed by atoms with Crippen molar-refractivity contribution < 1.29 is 39.3 Å². The SMILES string of the molecule is CCCc1ccc(/C=C/S(=O)(=O)C(Cc2cccc([N+](=O)[O-])c2)C2CC[I-]2)cc1OCC. The van der Waals surface area contributed by atoms with Crippen molar-refractivity contribution in [1.82, 2.24) is 0 Å². The summed E-state index contributed by atoms with van der Waals surface area (Å²) < 4.78 is 33.7. The molecule has 1 aliphatic rings. The van der Waals surface area contributed by atoms with E-state index in [0.29, 0.717) is 18.6 Å². The summed E-state index contributed by atoms with van der Waals surface area (Å²) in [6.45, 7) is 4.60. The van der Waals surface area contributed by atoms with Gasteiger partial charge in [-0.15, -0.1) is 0 Å². The van der Waals surface area contributed by atoms with Gasteiger partial charge in [-0.05, 0) is 0 Å². The van der Waals surface area contributed by atoms with Gasteiger partial charge in [-0.25, -0.2) is 0 Å². The summed E-state index contributed by atoms with van der Waals surface area (Å²) in [7, 11) is -3.52. The van der Waals surface area contributed by atoms with Gasteiger partial charge < -0.3 is 0 Å². The number of alkyl halides is 2. The van der Waals surface area contributed by atoms with Crippen LogP contribution in [0.25, 0.3) is 6.08 Å². The molecule has 174 valence electrons. The van der Waals surface area contributed by atoms with E-state index in [0.717, 1.165) is 40.6 Å². The summed E-state index contributed by atoms with van der Waals surface area (Å²) in [6, 6.07) is 12.1. The molecule has 0 amide bonds. The fraction of sp³-hybridized carbons (Fsp3) is 0.417. The number of sulfone groups is 1. The van der Waals surface area contributed by atoms with Crippen LogP contribution in [0.4, 0.5) is 5.69 Å². The zero-order valence-corrected chi connectivity index (χ0v) is 21.3. The van der Waals surface area contributed by atoms with E-state index in [1.54, 1.807) is 18.2 Å². The molecule has 2 aromatic carbocycles. The monoisotopic (exact) mass is 570 g/mol. The molecule has 0 spiro atoms. The number of halogens is 1. The molecule has 0 radical (unpaired) electrons. The molecule has 0 aromatic heterocycles. The Hall–Kier alpha value is -1.94. The predicted octanol–water partition coefficient (Wildman–Crippen LogP) is 1.80. The molecule has 1 heterocycles. The van der Waals surface area contributed by atoms with E-state index >= 15 is 0 Å². The van der Waals surface area contributed by atoms with Crippen LogP contribution in [0.1, 0.15) is 43.4 Å². The van der Waals surface area contributed by atoms with Crippen molar-refractivity contribution >= 4 is 21.6 Å². The number of nitro groups is 1. The van der Waals surface area contributed by atoms with Crippen molar-refractivity contribution in [3.8, 4) is 5.75 Å². The number of aryl methyl sites for hydroxylation is 1. The molecule has 0 aliphatic carbocycles. The summed E-state index contributed by atoms with van der Waals surface area (Å²) in [5.41, 5.74) is 2.60. The summed E-state index contributed by atoms with van der Waals surface area (Å²) >= 11 is -0.153. The number of nitro benzene ring substituents is 1. The van der Waals surface area contributed by atoms with E-state index in [1.165, 1.54) is 17.5 Å². The van der Waals surface area contributed by atoms with Crippen molar-refractivity contribution in [2.45, 2.75) is 48.7 Å². The van der Waals surface area contributed by atoms with Crippen molar-refractivity contribution in [3.05, 3.63) is 74.7 Å². The van der Waals surface area contributed by atoms with Crippen LogP contribution in [-0.4, -0.2) is 33.6 Å². The Bertz CT molecular complexity index is 1080. The molecule has 1 saturated heterocycles. The van der Waals surface area contributed by atoms with E-state index < -0.39 is 20.0 Å². The standard InChI is InChI=1S/C24H29INO5S/c1-3-6-20-10-9-18(16-23(20)31-4-2)12-14-32(29,30)24(22-11-13-25-22)17-19-7-5-8-21(15-19)26(27)28/h5,7-10,12,14-16,22,24H,3-4,6,11,13,17H2,1-2H3/q-1/b14-12+. The van der Waals surface area contributed by atoms with Crippen LogP contribution in [0.15, 0.2) is 47.9 Å². The normalized spacial score (nSPS) is 17.4. The van der Waals surface area contributed by atoms with E-state index in [9.17, 15) is 18.5 Å². The first-order valence-electron chi connectivity index (χ1n) is 10.8. The molecule has 2 aromatic rings. The summed E-state index contributed by atoms with van der Waals surface area (Å²) in [5, 5.41) is 11.9. The zero-order valence-electron chi connectivity index (χ0n) is 18.4. The quantitative estimate of drug-likeness (QED) is 0.178. The topological polar surface area (TPSA) is 86.5 Å². The summed E-state index contributed by atoms with van der Waals surface area (Å²) in [5.74, 6) is 0.798. The van der Waals surface area contributed by atoms with Crippen LogP contribution in [0, 0.1) is 10.1 Å². The fourth-order valence-electron chi connectivity index (χ4n) is 3.71. The third kappa shape index (κ3) is 6.31. The van der Waals surface area contributed by atoms with Gasteiger partial charge in [0.2, 0.25) is 0 Å². The van der Waals surface area contributed by atoms with Gasteiger partial charge in [-0.3, -0.25) is 0 Å². The Balaban J connectivity index is 1.84. The van der Waals surface area contributed by atoms with Gasteiger partial charge in [-0.2, -0.15) is 0 Å². The second-order valence-electron chi connectivity index (χ2n) is 7.76. The van der Waals surface area contributed by atoms with Crippen molar-refractivity contribution in [2.24, 2.45) is 0 Å². The third-order valence-electron chi connectivity index (χ3n) is 5.44. The van der Waals surface area contributed by atoms with Crippen LogP contribution < -0.4 is 25.9 Å². The Morgan fingerprint density at radius 1 is 1.25 bits per heavy atom. The van der Waals surface area contributed by atoms with E-state index in [4.69, 9.17) is 4.74 Å². The van der Waals surface area contributed by atoms with Crippen molar-refractivity contribution in [1.29, 1.82) is 0 Å². The molecule has 2 unspecified atom stereocenters. The second-order valence-corrected chi connectivity index (χ2v) is 13.4. The maximum absolute atomic E-state index is 13.3. The molecular formula is C24H29INO5S-. The van der Waals surface area contributed by atoms with Crippen molar-refractivity contribution in [2.75, 3.05) is 11.0 Å². The Morgan fingerprint density at radius 2 is 2.03 bits per heavy atom. The summed E-state index contributed by atoms with van der Waals surface area (Å²) in [4.78, 5) is 10.7. The van der Waals surface area contributed by atoms with Gasteiger partial charge in [0.05, 0.1) is 0 Å². The van der Waals surface area contributed by atoms with Gasteiger partial charge in [0.25, 0.3) is 0 Å². The van der Waals surface area contributed by atoms with Crippen LogP contribution >= 0.6 is 0 Å². The number of non-ortho nitro benzene ring substituents is 1. The molecular weight excluding hydrogens is 541 g/mol. The van der Waals surface area contributed by atoms with E-state index in [1.807, 2.05) is 25.1 Å². The summed E-state index contributed by atoms with van der Waals surface area (Å²) in [6.07, 6.45) is 4.78. The first-order valence-corrected chi connectivity index (χ1v) is 15.2. The number of benzene rings is 2. The van der Waals surface area contributed by atoms with Gasteiger partial charge in [0.15, 0.2) is 0 Å². The molecule has 1 aliphatic heterocycles. The Labute approximate surface area is 200 Å². The Morgan fingerprint density at radius 3 is 2.66 bits per heavy atom. The molecule has 3 rings (SSSR count). The predicted molar refractivity (Wildman–Crippen MR) is 123 cm³/mol. The number of rotatable bonds is 11. The average molecular weight is 570 g/mol. The molecule has 0 N–H and O–H groups in total. The first-order chi connectivity index (χ1) is 15.3. The second kappa shape index (κ2) is 11.3. The first kappa shape index (κ1) is 24.7. The maximum atomic E-state index is 13.3. The van der Waals surface area contributed by atoms with E-state index in [-0.39, 0.29) is 30.8 Å². The molecule has 0 saturated carbocycles. The van der Waals surface area contributed by atoms with E-state index in [2.05, 4.69) is 6.92 Å². The van der Waals surface area contributed by atoms with Gasteiger partial charge in [0, 0.05) is 0 Å². The molecule has 8 heteroatoms. The Kier molecular flexibility index (Phi) is 8.70.